The van der Waals surface area contributed by atoms with Crippen molar-refractivity contribution < 1.29 is 13.9 Å². The van der Waals surface area contributed by atoms with Crippen molar-refractivity contribution in [2.75, 3.05) is 32.1 Å². The van der Waals surface area contributed by atoms with Crippen LogP contribution >= 0.6 is 0 Å². The first-order valence-corrected chi connectivity index (χ1v) is 9.41. The maximum atomic E-state index is 14.0. The Morgan fingerprint density at radius 2 is 2.07 bits per heavy atom. The molecule has 1 amide bonds. The largest absolute Gasteiger partial charge is 0.373 e. The third kappa shape index (κ3) is 4.09. The highest BCUT2D eigenvalue weighted by Gasteiger charge is 2.27. The van der Waals surface area contributed by atoms with Gasteiger partial charge in [0.25, 0.3) is 5.91 Å². The average molecular weight is 392 g/mol. The molecule has 0 bridgehead atoms. The van der Waals surface area contributed by atoms with Crippen molar-refractivity contribution in [3.63, 3.8) is 0 Å². The standard InChI is InChI=1S/C22H21FN4O2/c1-24-21-12-15(8-9-25-21)22(28)27-10-11-29-20(14-27)19-7-6-16(13-26-19)17-4-2-3-5-18(17)23/h2-9,12-13,20H,10-11,14H2,1H3,(H,24,25). The molecular weight excluding hydrogens is 371 g/mol. The van der Waals surface area contributed by atoms with E-state index in [1.54, 1.807) is 54.7 Å². The second kappa shape index (κ2) is 8.36. The van der Waals surface area contributed by atoms with Gasteiger partial charge >= 0.3 is 0 Å². The Morgan fingerprint density at radius 3 is 2.83 bits per heavy atom. The molecule has 0 saturated carbocycles. The van der Waals surface area contributed by atoms with Crippen molar-refractivity contribution in [3.8, 4) is 11.1 Å². The van der Waals surface area contributed by atoms with E-state index in [9.17, 15) is 9.18 Å². The normalized spacial score (nSPS) is 16.5. The van der Waals surface area contributed by atoms with E-state index in [4.69, 9.17) is 4.74 Å². The van der Waals surface area contributed by atoms with Gasteiger partial charge < -0.3 is 15.0 Å². The molecule has 3 heterocycles. The number of amides is 1. The minimum Gasteiger partial charge on any atom is -0.373 e. The fourth-order valence-electron chi connectivity index (χ4n) is 3.35. The van der Waals surface area contributed by atoms with Gasteiger partial charge in [-0.05, 0) is 24.3 Å². The van der Waals surface area contributed by atoms with Gasteiger partial charge in [0.05, 0.1) is 18.8 Å². The maximum Gasteiger partial charge on any atom is 0.254 e. The summed E-state index contributed by atoms with van der Waals surface area (Å²) in [5.41, 5.74) is 2.50. The SMILES string of the molecule is CNc1cc(C(=O)N2CCOC(c3ccc(-c4ccccc4F)cn3)C2)ccn1. The maximum absolute atomic E-state index is 14.0. The number of morpholine rings is 1. The smallest absolute Gasteiger partial charge is 0.254 e. The fraction of sp³-hybridized carbons (Fsp3) is 0.227. The molecule has 1 saturated heterocycles. The van der Waals surface area contributed by atoms with Crippen LogP contribution in [0.15, 0.2) is 60.9 Å². The lowest BCUT2D eigenvalue weighted by molar-refractivity contribution is -0.0247. The molecule has 2 aromatic heterocycles. The summed E-state index contributed by atoms with van der Waals surface area (Å²) < 4.78 is 19.8. The van der Waals surface area contributed by atoms with E-state index < -0.39 is 0 Å². The highest BCUT2D eigenvalue weighted by atomic mass is 19.1. The topological polar surface area (TPSA) is 67.4 Å². The molecule has 0 radical (unpaired) electrons. The molecule has 1 fully saturated rings. The quantitative estimate of drug-likeness (QED) is 0.736. The van der Waals surface area contributed by atoms with Crippen LogP contribution in [0.25, 0.3) is 11.1 Å². The molecule has 1 aromatic carbocycles. The molecule has 1 N–H and O–H groups in total. The number of pyridine rings is 2. The summed E-state index contributed by atoms with van der Waals surface area (Å²) in [6, 6.07) is 13.7. The van der Waals surface area contributed by atoms with E-state index in [0.717, 1.165) is 0 Å². The summed E-state index contributed by atoms with van der Waals surface area (Å²) in [7, 11) is 1.76. The zero-order valence-corrected chi connectivity index (χ0v) is 16.0. The summed E-state index contributed by atoms with van der Waals surface area (Å²) >= 11 is 0. The van der Waals surface area contributed by atoms with E-state index in [-0.39, 0.29) is 17.8 Å². The van der Waals surface area contributed by atoms with Gasteiger partial charge in [0, 0.05) is 42.7 Å². The predicted octanol–water partition coefficient (Wildman–Crippen LogP) is 3.54. The van der Waals surface area contributed by atoms with Crippen LogP contribution in [0, 0.1) is 5.82 Å². The zero-order valence-electron chi connectivity index (χ0n) is 16.0. The Morgan fingerprint density at radius 1 is 1.21 bits per heavy atom. The number of carbonyl (C=O) groups is 1. The predicted molar refractivity (Wildman–Crippen MR) is 108 cm³/mol. The molecule has 29 heavy (non-hydrogen) atoms. The Kier molecular flexibility index (Phi) is 5.48. The number of carbonyl (C=O) groups excluding carboxylic acids is 1. The minimum atomic E-state index is -0.326. The molecule has 1 atom stereocenters. The lowest BCUT2D eigenvalue weighted by Gasteiger charge is -2.32. The molecule has 0 spiro atoms. The summed E-state index contributed by atoms with van der Waals surface area (Å²) in [4.78, 5) is 23.2. The van der Waals surface area contributed by atoms with Crippen molar-refractivity contribution in [3.05, 3.63) is 78.0 Å². The summed E-state index contributed by atoms with van der Waals surface area (Å²) in [5.74, 6) is 0.289. The Hall–Kier alpha value is -3.32. The molecule has 148 valence electrons. The van der Waals surface area contributed by atoms with Crippen LogP contribution in [0.5, 0.6) is 0 Å². The zero-order chi connectivity index (χ0) is 20.2. The number of aromatic nitrogens is 2. The van der Waals surface area contributed by atoms with Gasteiger partial charge in [0.15, 0.2) is 0 Å². The van der Waals surface area contributed by atoms with Crippen molar-refractivity contribution in [1.29, 1.82) is 0 Å². The number of hydrogen-bond donors (Lipinski definition) is 1. The van der Waals surface area contributed by atoms with Crippen LogP contribution in [-0.2, 0) is 4.74 Å². The van der Waals surface area contributed by atoms with Gasteiger partial charge in [-0.3, -0.25) is 9.78 Å². The third-order valence-electron chi connectivity index (χ3n) is 4.92. The van der Waals surface area contributed by atoms with Crippen LogP contribution in [0.2, 0.25) is 0 Å². The van der Waals surface area contributed by atoms with Crippen LogP contribution < -0.4 is 5.32 Å². The molecular formula is C22H21FN4O2. The second-order valence-electron chi connectivity index (χ2n) is 6.74. The van der Waals surface area contributed by atoms with Crippen LogP contribution in [0.3, 0.4) is 0 Å². The highest BCUT2D eigenvalue weighted by Crippen LogP contribution is 2.26. The van der Waals surface area contributed by atoms with Crippen LogP contribution in [0.1, 0.15) is 22.2 Å². The van der Waals surface area contributed by atoms with E-state index >= 15 is 0 Å². The Balaban J connectivity index is 1.49. The Labute approximate surface area is 168 Å². The van der Waals surface area contributed by atoms with Crippen LogP contribution in [0.4, 0.5) is 10.2 Å². The second-order valence-corrected chi connectivity index (χ2v) is 6.74. The van der Waals surface area contributed by atoms with E-state index in [2.05, 4.69) is 15.3 Å². The Bertz CT molecular complexity index is 1010. The molecule has 1 aliphatic rings. The number of rotatable bonds is 4. The van der Waals surface area contributed by atoms with Gasteiger partial charge in [0.1, 0.15) is 17.7 Å². The number of benzene rings is 1. The number of anilines is 1. The van der Waals surface area contributed by atoms with Gasteiger partial charge in [-0.25, -0.2) is 9.37 Å². The molecule has 4 rings (SSSR count). The lowest BCUT2D eigenvalue weighted by Crippen LogP contribution is -2.42. The van der Waals surface area contributed by atoms with Gasteiger partial charge in [0.2, 0.25) is 0 Å². The summed E-state index contributed by atoms with van der Waals surface area (Å²) in [6.45, 7) is 1.35. The highest BCUT2D eigenvalue weighted by molar-refractivity contribution is 5.94. The number of halogens is 1. The lowest BCUT2D eigenvalue weighted by atomic mass is 10.1. The molecule has 6 nitrogen and oxygen atoms in total. The van der Waals surface area contributed by atoms with E-state index in [1.807, 2.05) is 12.1 Å². The summed E-state index contributed by atoms with van der Waals surface area (Å²) in [6.07, 6.45) is 2.92. The van der Waals surface area contributed by atoms with Gasteiger partial charge in [-0.2, -0.15) is 0 Å². The van der Waals surface area contributed by atoms with Gasteiger partial charge in [-0.15, -0.1) is 0 Å². The van der Waals surface area contributed by atoms with Gasteiger partial charge in [-0.1, -0.05) is 24.3 Å². The van der Waals surface area contributed by atoms with Crippen LogP contribution in [-0.4, -0.2) is 47.5 Å². The van der Waals surface area contributed by atoms with E-state index in [1.165, 1.54) is 6.07 Å². The first-order chi connectivity index (χ1) is 14.2. The average Bonchev–Trinajstić information content (AvgIpc) is 2.79. The monoisotopic (exact) mass is 392 g/mol. The number of nitrogens with one attached hydrogen (secondary N) is 1. The molecule has 1 aliphatic heterocycles. The fourth-order valence-corrected chi connectivity index (χ4v) is 3.35. The number of nitrogens with zero attached hydrogens (tertiary/aromatic N) is 3. The van der Waals surface area contributed by atoms with Crippen molar-refractivity contribution >= 4 is 11.7 Å². The molecule has 0 aliphatic carbocycles. The first-order valence-electron chi connectivity index (χ1n) is 9.41. The van der Waals surface area contributed by atoms with E-state index in [0.29, 0.717) is 47.9 Å². The third-order valence-corrected chi connectivity index (χ3v) is 4.92. The number of ether oxygens (including phenoxy) is 1. The number of hydrogen-bond acceptors (Lipinski definition) is 5. The first kappa shape index (κ1) is 19.0. The molecule has 7 heteroatoms. The van der Waals surface area contributed by atoms with Crippen molar-refractivity contribution in [2.45, 2.75) is 6.10 Å². The van der Waals surface area contributed by atoms with Crippen molar-refractivity contribution in [1.82, 2.24) is 14.9 Å². The molecule has 3 aromatic rings. The molecule has 1 unspecified atom stereocenters. The van der Waals surface area contributed by atoms with Crippen molar-refractivity contribution in [2.24, 2.45) is 0 Å². The minimum absolute atomic E-state index is 0.0693. The summed E-state index contributed by atoms with van der Waals surface area (Å²) in [5, 5.41) is 2.94.